The average molecular weight is 668 g/mol. The van der Waals surface area contributed by atoms with Crippen LogP contribution in [0.3, 0.4) is 0 Å². The summed E-state index contributed by atoms with van der Waals surface area (Å²) in [5.41, 5.74) is 3.89. The van der Waals surface area contributed by atoms with Crippen molar-refractivity contribution >= 4 is 33.8 Å². The van der Waals surface area contributed by atoms with Crippen LogP contribution in [0.25, 0.3) is 33.3 Å². The van der Waals surface area contributed by atoms with Crippen LogP contribution in [0.2, 0.25) is 0 Å². The van der Waals surface area contributed by atoms with Crippen molar-refractivity contribution in [1.82, 2.24) is 19.3 Å². The SMILES string of the molecule is Cc1nc2cc(-c3cccn4c(C(=O)c5cc(F)c(C(=CCN[C@H]6CCC[C@@H](F)C6)C(N)=O)c(F)c5)ccc34)c(C(F)(F)F)cc2n1C. The van der Waals surface area contributed by atoms with E-state index in [2.05, 4.69) is 10.3 Å². The van der Waals surface area contributed by atoms with Crippen molar-refractivity contribution in [3.63, 3.8) is 0 Å². The predicted molar refractivity (Wildman–Crippen MR) is 169 cm³/mol. The van der Waals surface area contributed by atoms with Crippen molar-refractivity contribution in [2.24, 2.45) is 12.8 Å². The van der Waals surface area contributed by atoms with E-state index in [1.165, 1.54) is 47.0 Å². The number of nitrogens with two attached hydrogens (primary N) is 1. The Bertz CT molecular complexity index is 2090. The van der Waals surface area contributed by atoms with Crippen LogP contribution in [0.5, 0.6) is 0 Å². The molecule has 1 aliphatic rings. The van der Waals surface area contributed by atoms with Gasteiger partial charge in [-0.25, -0.2) is 18.2 Å². The summed E-state index contributed by atoms with van der Waals surface area (Å²) in [6.07, 6.45) is -0.789. The number of alkyl halides is 4. The standard InChI is InChI=1S/C35H31F6N5O2/c1-18-44-28-16-24(25(35(39,40)41)17-31(28)45(18)2)22-7-4-12-46-29(22)8-9-30(46)33(47)19-13-26(37)32(27(38)14-19)23(34(42)48)10-11-43-21-6-3-5-20(36)15-21/h4,7-10,12-14,16-17,20-21,43H,3,5-6,11,15H2,1-2H3,(H2,42,48)/t20-,21+/m1/s1. The van der Waals surface area contributed by atoms with E-state index < -0.39 is 57.9 Å². The van der Waals surface area contributed by atoms with E-state index in [1.807, 2.05) is 0 Å². The first-order valence-corrected chi connectivity index (χ1v) is 15.3. The summed E-state index contributed by atoms with van der Waals surface area (Å²) in [5.74, 6) is -3.79. The maximum atomic E-state index is 15.4. The number of amides is 1. The number of carbonyl (C=O) groups excluding carboxylic acids is 2. The Labute approximate surface area is 271 Å². The van der Waals surface area contributed by atoms with Crippen molar-refractivity contribution < 1.29 is 35.9 Å². The van der Waals surface area contributed by atoms with Crippen LogP contribution in [0.1, 0.15) is 58.7 Å². The summed E-state index contributed by atoms with van der Waals surface area (Å²) in [6, 6.07) is 9.56. The number of benzene rings is 2. The Kier molecular flexibility index (Phi) is 8.67. The third-order valence-electron chi connectivity index (χ3n) is 8.93. The van der Waals surface area contributed by atoms with Gasteiger partial charge in [-0.3, -0.25) is 9.59 Å². The highest BCUT2D eigenvalue weighted by molar-refractivity contribution is 6.19. The summed E-state index contributed by atoms with van der Waals surface area (Å²) >= 11 is 0. The van der Waals surface area contributed by atoms with Crippen LogP contribution < -0.4 is 11.1 Å². The zero-order valence-corrected chi connectivity index (χ0v) is 26.0. The molecule has 7 nitrogen and oxygen atoms in total. The van der Waals surface area contributed by atoms with Crippen LogP contribution in [0.15, 0.2) is 60.8 Å². The molecule has 2 atom stereocenters. The van der Waals surface area contributed by atoms with E-state index in [1.54, 1.807) is 18.5 Å². The van der Waals surface area contributed by atoms with Gasteiger partial charge >= 0.3 is 6.18 Å². The number of rotatable bonds is 8. The number of aryl methyl sites for hydroxylation is 2. The fraction of sp³-hybridized carbons (Fsp3) is 0.286. The number of fused-ring (bicyclic) bond motifs is 2. The molecule has 1 saturated carbocycles. The van der Waals surface area contributed by atoms with Crippen molar-refractivity contribution in [3.05, 3.63) is 101 Å². The third kappa shape index (κ3) is 6.10. The Hall–Kier alpha value is -4.91. The molecule has 0 radical (unpaired) electrons. The Morgan fingerprint density at radius 2 is 1.77 bits per heavy atom. The van der Waals surface area contributed by atoms with E-state index in [0.29, 0.717) is 29.7 Å². The fourth-order valence-electron chi connectivity index (χ4n) is 6.45. The molecule has 2 aromatic carbocycles. The summed E-state index contributed by atoms with van der Waals surface area (Å²) in [5, 5.41) is 3.06. The lowest BCUT2D eigenvalue weighted by Crippen LogP contribution is -2.35. The van der Waals surface area contributed by atoms with Gasteiger partial charge < -0.3 is 20.0 Å². The molecular formula is C35H31F6N5O2. The number of primary amides is 1. The molecular weight excluding hydrogens is 636 g/mol. The minimum absolute atomic E-state index is 0.0105. The topological polar surface area (TPSA) is 94.4 Å². The molecule has 0 spiro atoms. The zero-order chi connectivity index (χ0) is 34.5. The van der Waals surface area contributed by atoms with E-state index >= 15 is 8.78 Å². The quantitative estimate of drug-likeness (QED) is 0.105. The zero-order valence-electron chi connectivity index (χ0n) is 26.0. The van der Waals surface area contributed by atoms with Gasteiger partial charge in [0, 0.05) is 42.5 Å². The van der Waals surface area contributed by atoms with E-state index in [-0.39, 0.29) is 41.3 Å². The van der Waals surface area contributed by atoms with Gasteiger partial charge in [-0.05, 0) is 80.6 Å². The smallest absolute Gasteiger partial charge is 0.366 e. The van der Waals surface area contributed by atoms with E-state index in [4.69, 9.17) is 5.73 Å². The van der Waals surface area contributed by atoms with Crippen molar-refractivity contribution in [2.75, 3.05) is 6.54 Å². The van der Waals surface area contributed by atoms with Crippen LogP contribution in [-0.2, 0) is 18.0 Å². The van der Waals surface area contributed by atoms with Gasteiger partial charge in [0.1, 0.15) is 23.6 Å². The number of halogens is 6. The number of hydrogen-bond acceptors (Lipinski definition) is 4. The molecule has 0 aliphatic heterocycles. The van der Waals surface area contributed by atoms with Gasteiger partial charge in [-0.1, -0.05) is 12.1 Å². The van der Waals surface area contributed by atoms with Gasteiger partial charge in [0.25, 0.3) is 0 Å². The Morgan fingerprint density at radius 3 is 2.44 bits per heavy atom. The second-order valence-electron chi connectivity index (χ2n) is 12.0. The van der Waals surface area contributed by atoms with Gasteiger partial charge in [0.05, 0.1) is 33.4 Å². The minimum atomic E-state index is -4.71. The monoisotopic (exact) mass is 667 g/mol. The molecule has 48 heavy (non-hydrogen) atoms. The maximum Gasteiger partial charge on any atom is 0.417 e. The van der Waals surface area contributed by atoms with Crippen molar-refractivity contribution in [3.8, 4) is 11.1 Å². The van der Waals surface area contributed by atoms with Gasteiger partial charge in [0.15, 0.2) is 0 Å². The molecule has 3 aromatic heterocycles. The molecule has 3 N–H and O–H groups in total. The van der Waals surface area contributed by atoms with Crippen LogP contribution >= 0.6 is 0 Å². The van der Waals surface area contributed by atoms with Crippen LogP contribution in [0.4, 0.5) is 26.3 Å². The van der Waals surface area contributed by atoms with Crippen molar-refractivity contribution in [1.29, 1.82) is 0 Å². The number of carbonyl (C=O) groups is 2. The second-order valence-corrected chi connectivity index (χ2v) is 12.0. The lowest BCUT2D eigenvalue weighted by molar-refractivity contribution is -0.137. The molecule has 1 fully saturated rings. The fourth-order valence-corrected chi connectivity index (χ4v) is 6.45. The summed E-state index contributed by atoms with van der Waals surface area (Å²) < 4.78 is 90.5. The highest BCUT2D eigenvalue weighted by Gasteiger charge is 2.35. The van der Waals surface area contributed by atoms with Crippen LogP contribution in [0, 0.1) is 18.6 Å². The lowest BCUT2D eigenvalue weighted by Gasteiger charge is -2.25. The highest BCUT2D eigenvalue weighted by Crippen LogP contribution is 2.41. The molecule has 1 aliphatic carbocycles. The van der Waals surface area contributed by atoms with E-state index in [9.17, 15) is 27.2 Å². The number of pyridine rings is 1. The maximum absolute atomic E-state index is 15.4. The lowest BCUT2D eigenvalue weighted by atomic mass is 9.94. The molecule has 0 bridgehead atoms. The molecule has 0 unspecified atom stereocenters. The van der Waals surface area contributed by atoms with Crippen molar-refractivity contribution in [2.45, 2.75) is 51.0 Å². The van der Waals surface area contributed by atoms with Gasteiger partial charge in [-0.15, -0.1) is 0 Å². The summed E-state index contributed by atoms with van der Waals surface area (Å²) in [7, 11) is 1.62. The van der Waals surface area contributed by atoms with Gasteiger partial charge in [-0.2, -0.15) is 13.2 Å². The Morgan fingerprint density at radius 1 is 1.04 bits per heavy atom. The first-order chi connectivity index (χ1) is 22.7. The van der Waals surface area contributed by atoms with E-state index in [0.717, 1.165) is 24.6 Å². The average Bonchev–Trinajstić information content (AvgIpc) is 3.58. The van der Waals surface area contributed by atoms with Gasteiger partial charge in [0.2, 0.25) is 11.7 Å². The number of ketones is 1. The molecule has 6 rings (SSSR count). The summed E-state index contributed by atoms with van der Waals surface area (Å²) in [6.45, 7) is 1.69. The number of hydrogen-bond donors (Lipinski definition) is 2. The largest absolute Gasteiger partial charge is 0.417 e. The minimum Gasteiger partial charge on any atom is -0.366 e. The second kappa shape index (κ2) is 12.6. The molecule has 3 heterocycles. The normalized spacial score (nSPS) is 17.4. The summed E-state index contributed by atoms with van der Waals surface area (Å²) in [4.78, 5) is 30.2. The molecule has 1 amide bonds. The number of imidazole rings is 1. The predicted octanol–water partition coefficient (Wildman–Crippen LogP) is 7.07. The number of nitrogens with one attached hydrogen (secondary N) is 1. The Balaban J connectivity index is 1.35. The third-order valence-corrected chi connectivity index (χ3v) is 8.93. The first-order valence-electron chi connectivity index (χ1n) is 15.3. The molecule has 0 saturated heterocycles. The molecule has 250 valence electrons. The van der Waals surface area contributed by atoms with Crippen LogP contribution in [-0.4, -0.2) is 44.4 Å². The first kappa shape index (κ1) is 33.0. The molecule has 13 heteroatoms. The highest BCUT2D eigenvalue weighted by atomic mass is 19.4. The number of nitrogens with zero attached hydrogens (tertiary/aromatic N) is 3. The number of aromatic nitrogens is 3. The molecule has 5 aromatic rings.